The van der Waals surface area contributed by atoms with Gasteiger partial charge in [-0.25, -0.2) is 8.42 Å². The maximum atomic E-state index is 13.0. The second-order valence-electron chi connectivity index (χ2n) is 7.44. The molecule has 1 unspecified atom stereocenters. The Hall–Kier alpha value is -2.71. The van der Waals surface area contributed by atoms with Crippen molar-refractivity contribution < 1.29 is 13.2 Å². The van der Waals surface area contributed by atoms with Gasteiger partial charge in [-0.2, -0.15) is 4.72 Å². The summed E-state index contributed by atoms with van der Waals surface area (Å²) < 4.78 is 28.3. The minimum atomic E-state index is -3.82. The van der Waals surface area contributed by atoms with Crippen LogP contribution in [0.4, 0.5) is 5.69 Å². The van der Waals surface area contributed by atoms with Crippen molar-refractivity contribution in [3.63, 3.8) is 0 Å². The zero-order valence-corrected chi connectivity index (χ0v) is 17.1. The zero-order valence-electron chi connectivity index (χ0n) is 16.3. The van der Waals surface area contributed by atoms with Crippen LogP contribution in [0.15, 0.2) is 53.4 Å². The molecule has 1 aliphatic rings. The maximum absolute atomic E-state index is 13.0. The molecule has 1 aliphatic carbocycles. The number of carbonyl (C=O) groups is 1. The van der Waals surface area contributed by atoms with Gasteiger partial charge in [-0.3, -0.25) is 10.2 Å². The molecular weight excluding hydrogens is 388 g/mol. The molecule has 5 N–H and O–H groups in total. The molecule has 0 radical (unpaired) electrons. The normalized spacial score (nSPS) is 15.8. The Kier molecular flexibility index (Phi) is 6.34. The SMILES string of the molecule is Cc1ccc(S(=O)(=O)NC(C(=O)Nc2ccc(C(=N)N)cc2)C2CCCC2)cc1. The molecule has 3 rings (SSSR count). The highest BCUT2D eigenvalue weighted by Gasteiger charge is 2.34. The second kappa shape index (κ2) is 8.75. The molecule has 2 aromatic carbocycles. The van der Waals surface area contributed by atoms with Gasteiger partial charge >= 0.3 is 0 Å². The lowest BCUT2D eigenvalue weighted by atomic mass is 9.98. The number of benzene rings is 2. The molecule has 2 aromatic rings. The number of aryl methyl sites for hydroxylation is 1. The number of nitrogens with one attached hydrogen (secondary N) is 3. The summed E-state index contributed by atoms with van der Waals surface area (Å²) in [6.07, 6.45) is 3.57. The number of amidine groups is 1. The lowest BCUT2D eigenvalue weighted by molar-refractivity contribution is -0.118. The van der Waals surface area contributed by atoms with Crippen LogP contribution >= 0.6 is 0 Å². The van der Waals surface area contributed by atoms with Crippen LogP contribution in [0.1, 0.15) is 36.8 Å². The Morgan fingerprint density at radius 1 is 1.07 bits per heavy atom. The van der Waals surface area contributed by atoms with E-state index in [4.69, 9.17) is 11.1 Å². The van der Waals surface area contributed by atoms with Gasteiger partial charge in [-0.05, 0) is 62.1 Å². The van der Waals surface area contributed by atoms with Crippen LogP contribution in [0.25, 0.3) is 0 Å². The number of rotatable bonds is 7. The van der Waals surface area contributed by atoms with Gasteiger partial charge in [0.15, 0.2) is 0 Å². The third kappa shape index (κ3) is 5.21. The number of hydrogen-bond acceptors (Lipinski definition) is 4. The number of hydrogen-bond donors (Lipinski definition) is 4. The first-order chi connectivity index (χ1) is 13.8. The van der Waals surface area contributed by atoms with Crippen molar-refractivity contribution in [2.45, 2.75) is 43.5 Å². The van der Waals surface area contributed by atoms with E-state index < -0.39 is 16.1 Å². The van der Waals surface area contributed by atoms with Gasteiger partial charge in [0.25, 0.3) is 0 Å². The van der Waals surface area contributed by atoms with Gasteiger partial charge in [0.1, 0.15) is 11.9 Å². The van der Waals surface area contributed by atoms with Crippen molar-refractivity contribution in [2.24, 2.45) is 11.7 Å². The summed E-state index contributed by atoms with van der Waals surface area (Å²) in [5.74, 6) is -0.493. The van der Waals surface area contributed by atoms with Crippen molar-refractivity contribution in [3.05, 3.63) is 59.7 Å². The number of sulfonamides is 1. The fourth-order valence-corrected chi connectivity index (χ4v) is 4.82. The van der Waals surface area contributed by atoms with Crippen LogP contribution in [-0.2, 0) is 14.8 Å². The highest BCUT2D eigenvalue weighted by molar-refractivity contribution is 7.89. The molecule has 0 spiro atoms. The average Bonchev–Trinajstić information content (AvgIpc) is 3.21. The maximum Gasteiger partial charge on any atom is 0.242 e. The Morgan fingerprint density at radius 3 is 2.21 bits per heavy atom. The molecule has 0 aliphatic heterocycles. The summed E-state index contributed by atoms with van der Waals surface area (Å²) in [5, 5.41) is 10.2. The molecule has 1 saturated carbocycles. The number of carbonyl (C=O) groups excluding carboxylic acids is 1. The molecule has 0 saturated heterocycles. The lowest BCUT2D eigenvalue weighted by Gasteiger charge is -2.24. The van der Waals surface area contributed by atoms with Crippen molar-refractivity contribution in [1.29, 1.82) is 5.41 Å². The first-order valence-corrected chi connectivity index (χ1v) is 11.1. The van der Waals surface area contributed by atoms with Crippen molar-refractivity contribution in [3.8, 4) is 0 Å². The van der Waals surface area contributed by atoms with Crippen molar-refractivity contribution in [2.75, 3.05) is 5.32 Å². The molecule has 1 atom stereocenters. The predicted molar refractivity (Wildman–Crippen MR) is 113 cm³/mol. The highest BCUT2D eigenvalue weighted by atomic mass is 32.2. The Bertz CT molecular complexity index is 980. The molecule has 0 heterocycles. The van der Waals surface area contributed by atoms with E-state index in [9.17, 15) is 13.2 Å². The summed E-state index contributed by atoms with van der Waals surface area (Å²) in [6.45, 7) is 1.88. The van der Waals surface area contributed by atoms with E-state index in [1.807, 2.05) is 6.92 Å². The predicted octanol–water partition coefficient (Wildman–Crippen LogP) is 2.75. The van der Waals surface area contributed by atoms with Crippen LogP contribution in [0.3, 0.4) is 0 Å². The number of nitrogens with two attached hydrogens (primary N) is 1. The zero-order chi connectivity index (χ0) is 21.0. The molecule has 7 nitrogen and oxygen atoms in total. The summed E-state index contributed by atoms with van der Waals surface area (Å²) in [6, 6.07) is 12.3. The summed E-state index contributed by atoms with van der Waals surface area (Å²) >= 11 is 0. The van der Waals surface area contributed by atoms with E-state index in [1.165, 1.54) is 0 Å². The van der Waals surface area contributed by atoms with Gasteiger partial charge < -0.3 is 11.1 Å². The topological polar surface area (TPSA) is 125 Å². The second-order valence-corrected chi connectivity index (χ2v) is 9.15. The first-order valence-electron chi connectivity index (χ1n) is 9.60. The van der Waals surface area contributed by atoms with Gasteiger partial charge in [0.2, 0.25) is 15.9 Å². The molecular formula is C21H26N4O3S. The van der Waals surface area contributed by atoms with E-state index in [0.29, 0.717) is 11.3 Å². The van der Waals surface area contributed by atoms with E-state index in [0.717, 1.165) is 31.2 Å². The standard InChI is InChI=1S/C21H26N4O3S/c1-14-6-12-18(13-7-14)29(27,28)25-19(15-4-2-3-5-15)21(26)24-17-10-8-16(9-11-17)20(22)23/h6-13,15,19,25H,2-5H2,1H3,(H3,22,23)(H,24,26). The third-order valence-corrected chi connectivity index (χ3v) is 6.69. The van der Waals surface area contributed by atoms with Crippen LogP contribution in [0.5, 0.6) is 0 Å². The molecule has 0 bridgehead atoms. The quantitative estimate of drug-likeness (QED) is 0.410. The van der Waals surface area contributed by atoms with Crippen LogP contribution < -0.4 is 15.8 Å². The van der Waals surface area contributed by atoms with Crippen LogP contribution in [0, 0.1) is 18.3 Å². The van der Waals surface area contributed by atoms with E-state index >= 15 is 0 Å². The minimum Gasteiger partial charge on any atom is -0.384 e. The molecule has 8 heteroatoms. The van der Waals surface area contributed by atoms with Gasteiger partial charge in [-0.1, -0.05) is 30.5 Å². The number of amides is 1. The number of nitrogen functional groups attached to an aromatic ring is 1. The molecule has 0 aromatic heterocycles. The fourth-order valence-electron chi connectivity index (χ4n) is 3.56. The lowest BCUT2D eigenvalue weighted by Crippen LogP contribution is -2.47. The van der Waals surface area contributed by atoms with Gasteiger partial charge in [0.05, 0.1) is 4.90 Å². The number of anilines is 1. The summed E-state index contributed by atoms with van der Waals surface area (Å²) in [7, 11) is -3.82. The first kappa shape index (κ1) is 21.0. The van der Waals surface area contributed by atoms with Crippen molar-refractivity contribution >= 4 is 27.5 Å². The monoisotopic (exact) mass is 414 g/mol. The minimum absolute atomic E-state index is 0.0493. The van der Waals surface area contributed by atoms with Crippen molar-refractivity contribution in [1.82, 2.24) is 4.72 Å². The highest BCUT2D eigenvalue weighted by Crippen LogP contribution is 2.29. The van der Waals surface area contributed by atoms with Crippen LogP contribution in [0.2, 0.25) is 0 Å². The Morgan fingerprint density at radius 2 is 1.66 bits per heavy atom. The Balaban J connectivity index is 1.80. The Labute approximate surface area is 171 Å². The van der Waals surface area contributed by atoms with Crippen LogP contribution in [-0.4, -0.2) is 26.2 Å². The third-order valence-electron chi connectivity index (χ3n) is 5.23. The molecule has 1 fully saturated rings. The summed E-state index contributed by atoms with van der Waals surface area (Å²) in [5.41, 5.74) is 7.49. The molecule has 1 amide bonds. The van der Waals surface area contributed by atoms with E-state index in [1.54, 1.807) is 48.5 Å². The molecule has 154 valence electrons. The van der Waals surface area contributed by atoms with E-state index in [-0.39, 0.29) is 22.6 Å². The fraction of sp³-hybridized carbons (Fsp3) is 0.333. The summed E-state index contributed by atoms with van der Waals surface area (Å²) in [4.78, 5) is 13.1. The largest absolute Gasteiger partial charge is 0.384 e. The average molecular weight is 415 g/mol. The van der Waals surface area contributed by atoms with Gasteiger partial charge in [0, 0.05) is 11.3 Å². The van der Waals surface area contributed by atoms with Gasteiger partial charge in [-0.15, -0.1) is 0 Å². The molecule has 29 heavy (non-hydrogen) atoms. The van der Waals surface area contributed by atoms with E-state index in [2.05, 4.69) is 10.0 Å². The smallest absolute Gasteiger partial charge is 0.242 e.